The van der Waals surface area contributed by atoms with Gasteiger partial charge in [0.25, 0.3) is 0 Å². The third kappa shape index (κ3) is 3.15. The summed E-state index contributed by atoms with van der Waals surface area (Å²) in [6, 6.07) is 4.17. The van der Waals surface area contributed by atoms with Crippen molar-refractivity contribution in [1.82, 2.24) is 9.29 Å². The number of nitrogens with one attached hydrogen (secondary N) is 1. The van der Waals surface area contributed by atoms with Crippen LogP contribution < -0.4 is 5.32 Å². The molecule has 2 heterocycles. The minimum Gasteiger partial charge on any atom is -0.367 e. The molecule has 1 aliphatic heterocycles. The third-order valence-corrected chi connectivity index (χ3v) is 6.71. The summed E-state index contributed by atoms with van der Waals surface area (Å²) in [5.74, 6) is 0.844. The fraction of sp³-hybridized carbons (Fsp3) is 0.615. The van der Waals surface area contributed by atoms with E-state index in [1.165, 1.54) is 0 Å². The van der Waals surface area contributed by atoms with E-state index in [-0.39, 0.29) is 5.25 Å². The van der Waals surface area contributed by atoms with Crippen LogP contribution in [0.2, 0.25) is 0 Å². The molecule has 1 aromatic rings. The van der Waals surface area contributed by atoms with Crippen LogP contribution in [0.4, 0.5) is 5.82 Å². The molecule has 3 rings (SSSR count). The summed E-state index contributed by atoms with van der Waals surface area (Å²) in [4.78, 5) is 4.29. The molecule has 1 N–H and O–H groups in total. The molecule has 2 fully saturated rings. The monoisotopic (exact) mass is 359 g/mol. The molecule has 2 aliphatic rings. The number of piperidine rings is 1. The summed E-state index contributed by atoms with van der Waals surface area (Å²) in [5, 5.41) is 3.27. The molecule has 1 saturated heterocycles. The van der Waals surface area contributed by atoms with Crippen molar-refractivity contribution in [3.8, 4) is 0 Å². The molecule has 7 heteroatoms. The zero-order valence-corrected chi connectivity index (χ0v) is 13.5. The van der Waals surface area contributed by atoms with Crippen molar-refractivity contribution in [3.05, 3.63) is 22.8 Å². The van der Waals surface area contributed by atoms with Gasteiger partial charge >= 0.3 is 0 Å². The molecule has 5 nitrogen and oxygen atoms in total. The molecule has 0 aromatic carbocycles. The highest BCUT2D eigenvalue weighted by Crippen LogP contribution is 2.32. The van der Waals surface area contributed by atoms with Gasteiger partial charge in [-0.05, 0) is 53.7 Å². The Hall–Kier alpha value is -0.660. The first kappa shape index (κ1) is 14.3. The Morgan fingerprint density at radius 2 is 1.90 bits per heavy atom. The highest BCUT2D eigenvalue weighted by Gasteiger charge is 2.41. The highest BCUT2D eigenvalue weighted by atomic mass is 79.9. The topological polar surface area (TPSA) is 62.3 Å². The van der Waals surface area contributed by atoms with E-state index in [0.717, 1.165) is 36.0 Å². The van der Waals surface area contributed by atoms with Crippen LogP contribution in [-0.2, 0) is 10.0 Å². The van der Waals surface area contributed by atoms with Crippen molar-refractivity contribution in [2.24, 2.45) is 0 Å². The molecule has 110 valence electrons. The number of anilines is 1. The maximum Gasteiger partial charge on any atom is 0.216 e. The molecule has 0 radical (unpaired) electrons. The SMILES string of the molecule is O=S(=O)(C1CC1)N1CCC(Nc2ccc(Br)cn2)CC1. The quantitative estimate of drug-likeness (QED) is 0.894. The number of sulfonamides is 1. The molecule has 1 saturated carbocycles. The van der Waals surface area contributed by atoms with E-state index in [0.29, 0.717) is 19.1 Å². The second-order valence-electron chi connectivity index (χ2n) is 5.42. The summed E-state index contributed by atoms with van der Waals surface area (Å²) < 4.78 is 26.9. The van der Waals surface area contributed by atoms with Crippen molar-refractivity contribution in [1.29, 1.82) is 0 Å². The van der Waals surface area contributed by atoms with Gasteiger partial charge in [0.1, 0.15) is 5.82 Å². The van der Waals surface area contributed by atoms with Crippen LogP contribution in [-0.4, -0.2) is 42.1 Å². The first-order valence-corrected chi connectivity index (χ1v) is 9.22. The minimum atomic E-state index is -3.01. The highest BCUT2D eigenvalue weighted by molar-refractivity contribution is 9.10. The van der Waals surface area contributed by atoms with Crippen LogP contribution in [0.5, 0.6) is 0 Å². The van der Waals surface area contributed by atoms with Gasteiger partial charge in [-0.15, -0.1) is 0 Å². The summed E-state index contributed by atoms with van der Waals surface area (Å²) >= 11 is 3.36. The Morgan fingerprint density at radius 3 is 2.45 bits per heavy atom. The standard InChI is InChI=1S/C13H18BrN3O2S/c14-10-1-4-13(15-9-10)16-11-5-7-17(8-6-11)20(18,19)12-2-3-12/h1,4,9,11-12H,2-3,5-8H2,(H,15,16). The summed E-state index contributed by atoms with van der Waals surface area (Å²) in [7, 11) is -3.01. The lowest BCUT2D eigenvalue weighted by molar-refractivity contribution is 0.329. The van der Waals surface area contributed by atoms with Crippen LogP contribution in [0.1, 0.15) is 25.7 Å². The lowest BCUT2D eigenvalue weighted by atomic mass is 10.1. The number of nitrogens with zero attached hydrogens (tertiary/aromatic N) is 2. The average molecular weight is 360 g/mol. The molecule has 20 heavy (non-hydrogen) atoms. The molecule has 1 aromatic heterocycles. The number of rotatable bonds is 4. The molecule has 0 amide bonds. The van der Waals surface area contributed by atoms with Crippen molar-refractivity contribution in [3.63, 3.8) is 0 Å². The zero-order chi connectivity index (χ0) is 14.2. The van der Waals surface area contributed by atoms with Crippen molar-refractivity contribution in [2.45, 2.75) is 37.0 Å². The summed E-state index contributed by atoms with van der Waals surface area (Å²) in [6.07, 6.45) is 5.11. The van der Waals surface area contributed by atoms with Gasteiger partial charge in [0.15, 0.2) is 0 Å². The Bertz CT molecular complexity index is 564. The van der Waals surface area contributed by atoms with E-state index in [1.54, 1.807) is 10.5 Å². The van der Waals surface area contributed by atoms with Gasteiger partial charge < -0.3 is 5.32 Å². The Morgan fingerprint density at radius 1 is 1.20 bits per heavy atom. The summed E-state index contributed by atoms with van der Waals surface area (Å²) in [5.41, 5.74) is 0. The number of aromatic nitrogens is 1. The molecule has 0 unspecified atom stereocenters. The lowest BCUT2D eigenvalue weighted by Gasteiger charge is -2.31. The van der Waals surface area contributed by atoms with E-state index >= 15 is 0 Å². The van der Waals surface area contributed by atoms with Crippen LogP contribution in [0.15, 0.2) is 22.8 Å². The van der Waals surface area contributed by atoms with Crippen LogP contribution >= 0.6 is 15.9 Å². The van der Waals surface area contributed by atoms with Gasteiger partial charge in [-0.1, -0.05) is 0 Å². The van der Waals surface area contributed by atoms with E-state index in [4.69, 9.17) is 0 Å². The largest absolute Gasteiger partial charge is 0.367 e. The minimum absolute atomic E-state index is 0.0971. The van der Waals surface area contributed by atoms with Gasteiger partial charge in [-0.3, -0.25) is 0 Å². The van der Waals surface area contributed by atoms with Crippen LogP contribution in [0.3, 0.4) is 0 Å². The zero-order valence-electron chi connectivity index (χ0n) is 11.1. The van der Waals surface area contributed by atoms with Gasteiger partial charge in [-0.25, -0.2) is 17.7 Å². The Labute approximate surface area is 127 Å². The number of halogens is 1. The third-order valence-electron chi connectivity index (χ3n) is 3.84. The molecule has 1 aliphatic carbocycles. The molecule has 0 spiro atoms. The maximum absolute atomic E-state index is 12.1. The Balaban J connectivity index is 1.54. The number of hydrogen-bond donors (Lipinski definition) is 1. The normalized spacial score (nSPS) is 21.9. The van der Waals surface area contributed by atoms with E-state index in [9.17, 15) is 8.42 Å². The maximum atomic E-state index is 12.1. The van der Waals surface area contributed by atoms with E-state index in [2.05, 4.69) is 26.2 Å². The fourth-order valence-corrected chi connectivity index (χ4v) is 4.61. The molecule has 0 atom stereocenters. The number of hydrogen-bond acceptors (Lipinski definition) is 4. The van der Waals surface area contributed by atoms with Crippen molar-refractivity contribution < 1.29 is 8.42 Å². The van der Waals surface area contributed by atoms with Crippen molar-refractivity contribution >= 4 is 31.8 Å². The van der Waals surface area contributed by atoms with Crippen LogP contribution in [0, 0.1) is 0 Å². The summed E-state index contributed by atoms with van der Waals surface area (Å²) in [6.45, 7) is 1.24. The van der Waals surface area contributed by atoms with Crippen molar-refractivity contribution in [2.75, 3.05) is 18.4 Å². The Kier molecular flexibility index (Phi) is 4.01. The predicted molar refractivity (Wildman–Crippen MR) is 82.1 cm³/mol. The second-order valence-corrected chi connectivity index (χ2v) is 8.55. The second kappa shape index (κ2) is 5.61. The molecule has 0 bridgehead atoms. The van der Waals surface area contributed by atoms with E-state index < -0.39 is 10.0 Å². The fourth-order valence-electron chi connectivity index (χ4n) is 2.50. The first-order valence-electron chi connectivity index (χ1n) is 6.93. The molecular weight excluding hydrogens is 342 g/mol. The predicted octanol–water partition coefficient (Wildman–Crippen LogP) is 2.21. The van der Waals surface area contributed by atoms with Gasteiger partial charge in [-0.2, -0.15) is 0 Å². The lowest BCUT2D eigenvalue weighted by Crippen LogP contribution is -2.43. The smallest absolute Gasteiger partial charge is 0.216 e. The van der Waals surface area contributed by atoms with Crippen LogP contribution in [0.25, 0.3) is 0 Å². The van der Waals surface area contributed by atoms with Gasteiger partial charge in [0.2, 0.25) is 10.0 Å². The first-order chi connectivity index (χ1) is 9.55. The van der Waals surface area contributed by atoms with Gasteiger partial charge in [0, 0.05) is 29.8 Å². The number of pyridine rings is 1. The van der Waals surface area contributed by atoms with Gasteiger partial charge in [0.05, 0.1) is 5.25 Å². The van der Waals surface area contributed by atoms with E-state index in [1.807, 2.05) is 12.1 Å². The average Bonchev–Trinajstić information content (AvgIpc) is 3.27. The molecular formula is C13H18BrN3O2S.